The fourth-order valence-corrected chi connectivity index (χ4v) is 2.20. The molecule has 17 heavy (non-hydrogen) atoms. The molecule has 1 aromatic carbocycles. The molecular formula is C13H16F3N. The first-order chi connectivity index (χ1) is 8.05. The number of alkyl halides is 3. The van der Waals surface area contributed by atoms with Gasteiger partial charge >= 0.3 is 6.18 Å². The van der Waals surface area contributed by atoms with Crippen LogP contribution < -0.4 is 5.32 Å². The Bertz CT molecular complexity index is 350. The lowest BCUT2D eigenvalue weighted by Gasteiger charge is -2.11. The molecular weight excluding hydrogens is 227 g/mol. The van der Waals surface area contributed by atoms with Gasteiger partial charge in [-0.15, -0.1) is 0 Å². The molecule has 0 aromatic heterocycles. The first-order valence-electron chi connectivity index (χ1n) is 5.95. The average Bonchev–Trinajstić information content (AvgIpc) is 2.78. The summed E-state index contributed by atoms with van der Waals surface area (Å²) in [4.78, 5) is 0. The number of hydrogen-bond donors (Lipinski definition) is 1. The highest BCUT2D eigenvalue weighted by Crippen LogP contribution is 2.29. The van der Waals surface area contributed by atoms with Gasteiger partial charge in [0, 0.05) is 6.04 Å². The monoisotopic (exact) mass is 243 g/mol. The van der Waals surface area contributed by atoms with Gasteiger partial charge in [0.2, 0.25) is 0 Å². The van der Waals surface area contributed by atoms with E-state index in [0.717, 1.165) is 37.1 Å². The van der Waals surface area contributed by atoms with Crippen molar-refractivity contribution in [2.75, 3.05) is 6.54 Å². The van der Waals surface area contributed by atoms with Crippen molar-refractivity contribution < 1.29 is 13.2 Å². The fraction of sp³-hybridized carbons (Fsp3) is 0.538. The SMILES string of the molecule is FC(F)(F)c1ccc(CCC2CCCN2)cc1. The summed E-state index contributed by atoms with van der Waals surface area (Å²) < 4.78 is 37.0. The van der Waals surface area contributed by atoms with Gasteiger partial charge in [-0.05, 0) is 49.9 Å². The van der Waals surface area contributed by atoms with Gasteiger partial charge in [0.05, 0.1) is 5.56 Å². The first-order valence-corrected chi connectivity index (χ1v) is 5.95. The second-order valence-corrected chi connectivity index (χ2v) is 4.53. The highest BCUT2D eigenvalue weighted by atomic mass is 19.4. The number of aryl methyl sites for hydroxylation is 1. The zero-order chi connectivity index (χ0) is 12.3. The Kier molecular flexibility index (Phi) is 3.72. The highest BCUT2D eigenvalue weighted by molar-refractivity contribution is 5.24. The summed E-state index contributed by atoms with van der Waals surface area (Å²) >= 11 is 0. The van der Waals surface area contributed by atoms with E-state index in [2.05, 4.69) is 5.32 Å². The van der Waals surface area contributed by atoms with Crippen LogP contribution in [-0.2, 0) is 12.6 Å². The summed E-state index contributed by atoms with van der Waals surface area (Å²) in [5, 5.41) is 3.38. The van der Waals surface area contributed by atoms with Crippen LogP contribution in [0.5, 0.6) is 0 Å². The molecule has 1 atom stereocenters. The lowest BCUT2D eigenvalue weighted by atomic mass is 10.0. The van der Waals surface area contributed by atoms with Crippen LogP contribution in [0.4, 0.5) is 13.2 Å². The van der Waals surface area contributed by atoms with Gasteiger partial charge in [0.25, 0.3) is 0 Å². The lowest BCUT2D eigenvalue weighted by molar-refractivity contribution is -0.137. The summed E-state index contributed by atoms with van der Waals surface area (Å²) in [7, 11) is 0. The van der Waals surface area contributed by atoms with Crippen LogP contribution in [0.3, 0.4) is 0 Å². The zero-order valence-electron chi connectivity index (χ0n) is 9.56. The van der Waals surface area contributed by atoms with Crippen LogP contribution in [0.2, 0.25) is 0 Å². The van der Waals surface area contributed by atoms with E-state index in [9.17, 15) is 13.2 Å². The van der Waals surface area contributed by atoms with Crippen molar-refractivity contribution in [3.63, 3.8) is 0 Å². The number of hydrogen-bond acceptors (Lipinski definition) is 1. The smallest absolute Gasteiger partial charge is 0.314 e. The molecule has 2 rings (SSSR count). The van der Waals surface area contributed by atoms with Gasteiger partial charge in [-0.2, -0.15) is 13.2 Å². The second kappa shape index (κ2) is 5.08. The predicted molar refractivity (Wildman–Crippen MR) is 60.8 cm³/mol. The van der Waals surface area contributed by atoms with Crippen molar-refractivity contribution in [1.82, 2.24) is 5.32 Å². The van der Waals surface area contributed by atoms with Gasteiger partial charge in [-0.25, -0.2) is 0 Å². The van der Waals surface area contributed by atoms with E-state index in [1.54, 1.807) is 12.1 Å². The minimum atomic E-state index is -4.23. The maximum absolute atomic E-state index is 12.3. The minimum Gasteiger partial charge on any atom is -0.314 e. The number of nitrogens with one attached hydrogen (secondary N) is 1. The molecule has 0 saturated carbocycles. The molecule has 1 aromatic rings. The molecule has 0 radical (unpaired) electrons. The predicted octanol–water partition coefficient (Wildman–Crippen LogP) is 3.39. The Morgan fingerprint density at radius 3 is 2.41 bits per heavy atom. The quantitative estimate of drug-likeness (QED) is 0.858. The van der Waals surface area contributed by atoms with E-state index in [4.69, 9.17) is 0 Å². The Hall–Kier alpha value is -1.03. The first kappa shape index (κ1) is 12.4. The molecule has 1 fully saturated rings. The maximum atomic E-state index is 12.3. The second-order valence-electron chi connectivity index (χ2n) is 4.53. The third-order valence-corrected chi connectivity index (χ3v) is 3.23. The van der Waals surface area contributed by atoms with Crippen molar-refractivity contribution in [1.29, 1.82) is 0 Å². The average molecular weight is 243 g/mol. The van der Waals surface area contributed by atoms with Crippen LogP contribution in [0.15, 0.2) is 24.3 Å². The molecule has 1 aliphatic heterocycles. The van der Waals surface area contributed by atoms with Crippen molar-refractivity contribution in [3.05, 3.63) is 35.4 Å². The molecule has 1 unspecified atom stereocenters. The molecule has 1 heterocycles. The summed E-state index contributed by atoms with van der Waals surface area (Å²) in [6, 6.07) is 6.03. The van der Waals surface area contributed by atoms with Crippen molar-refractivity contribution in [2.45, 2.75) is 37.9 Å². The van der Waals surface area contributed by atoms with E-state index in [1.165, 1.54) is 12.8 Å². The van der Waals surface area contributed by atoms with E-state index in [0.29, 0.717) is 6.04 Å². The van der Waals surface area contributed by atoms with Crippen molar-refractivity contribution in [2.24, 2.45) is 0 Å². The molecule has 0 amide bonds. The fourth-order valence-electron chi connectivity index (χ4n) is 2.20. The number of rotatable bonds is 3. The molecule has 1 saturated heterocycles. The summed E-state index contributed by atoms with van der Waals surface area (Å²) in [5.74, 6) is 0. The molecule has 1 aliphatic rings. The van der Waals surface area contributed by atoms with Gasteiger partial charge in [-0.3, -0.25) is 0 Å². The zero-order valence-corrected chi connectivity index (χ0v) is 9.56. The van der Waals surface area contributed by atoms with Crippen LogP contribution in [0.1, 0.15) is 30.4 Å². The van der Waals surface area contributed by atoms with Crippen molar-refractivity contribution in [3.8, 4) is 0 Å². The summed E-state index contributed by atoms with van der Waals surface area (Å²) in [6.45, 7) is 1.07. The molecule has 1 N–H and O–H groups in total. The molecule has 0 bridgehead atoms. The molecule has 0 spiro atoms. The van der Waals surface area contributed by atoms with Crippen LogP contribution in [0, 0.1) is 0 Å². The Morgan fingerprint density at radius 2 is 1.88 bits per heavy atom. The Morgan fingerprint density at radius 1 is 1.18 bits per heavy atom. The van der Waals surface area contributed by atoms with Gasteiger partial charge in [0.1, 0.15) is 0 Å². The van der Waals surface area contributed by atoms with E-state index >= 15 is 0 Å². The Labute approximate surface area is 99.0 Å². The van der Waals surface area contributed by atoms with Crippen LogP contribution >= 0.6 is 0 Å². The van der Waals surface area contributed by atoms with Gasteiger partial charge < -0.3 is 5.32 Å². The van der Waals surface area contributed by atoms with E-state index in [1.807, 2.05) is 0 Å². The lowest BCUT2D eigenvalue weighted by Crippen LogP contribution is -2.21. The van der Waals surface area contributed by atoms with Crippen molar-refractivity contribution >= 4 is 0 Å². The highest BCUT2D eigenvalue weighted by Gasteiger charge is 2.29. The molecule has 1 nitrogen and oxygen atoms in total. The summed E-state index contributed by atoms with van der Waals surface area (Å²) in [5.41, 5.74) is 0.409. The maximum Gasteiger partial charge on any atom is 0.416 e. The van der Waals surface area contributed by atoms with Gasteiger partial charge in [0.15, 0.2) is 0 Å². The topological polar surface area (TPSA) is 12.0 Å². The third-order valence-electron chi connectivity index (χ3n) is 3.23. The Balaban J connectivity index is 1.89. The van der Waals surface area contributed by atoms with Gasteiger partial charge in [-0.1, -0.05) is 12.1 Å². The minimum absolute atomic E-state index is 0.539. The molecule has 4 heteroatoms. The standard InChI is InChI=1S/C13H16F3N/c14-13(15,16)11-6-3-10(4-7-11)5-8-12-2-1-9-17-12/h3-4,6-7,12,17H,1-2,5,8-9H2. The normalized spacial score (nSPS) is 20.8. The largest absolute Gasteiger partial charge is 0.416 e. The molecule has 0 aliphatic carbocycles. The molecule has 94 valence electrons. The number of benzene rings is 1. The van der Waals surface area contributed by atoms with Crippen LogP contribution in [0.25, 0.3) is 0 Å². The van der Waals surface area contributed by atoms with E-state index < -0.39 is 11.7 Å². The third kappa shape index (κ3) is 3.46. The summed E-state index contributed by atoms with van der Waals surface area (Å²) in [6.07, 6.45) is 0.00498. The van der Waals surface area contributed by atoms with E-state index in [-0.39, 0.29) is 0 Å². The van der Waals surface area contributed by atoms with Crippen LogP contribution in [-0.4, -0.2) is 12.6 Å². The number of halogens is 3.